The predicted molar refractivity (Wildman–Crippen MR) is 120 cm³/mol. The van der Waals surface area contributed by atoms with E-state index >= 15 is 0 Å². The lowest BCUT2D eigenvalue weighted by Crippen LogP contribution is -2.15. The number of hydrogen-bond acceptors (Lipinski definition) is 5. The van der Waals surface area contributed by atoms with E-state index in [9.17, 15) is 0 Å². The molecule has 1 aliphatic rings. The molecule has 0 bridgehead atoms. The minimum Gasteiger partial charge on any atom is -0.392 e. The van der Waals surface area contributed by atoms with Crippen LogP contribution in [0, 0.1) is 5.41 Å². The Morgan fingerprint density at radius 2 is 2.17 bits per heavy atom. The standard InChI is InChI=1S/C22H24ClN7/c1-13(25-2)9-19(24)27-22-26-12-15-7-8-17-20(21(15)28-22)18(30(3)29-17)11-14-5-4-6-16(23)10-14/h4-6,9-10,12,25H,7-8,11H2,1-3H3,(H2,24,26,27,28)/b13-9-. The van der Waals surface area contributed by atoms with Crippen LogP contribution in [0.5, 0.6) is 0 Å². The van der Waals surface area contributed by atoms with E-state index in [0.29, 0.717) is 12.4 Å². The van der Waals surface area contributed by atoms with Crippen molar-refractivity contribution in [2.45, 2.75) is 26.2 Å². The van der Waals surface area contributed by atoms with Gasteiger partial charge in [0.05, 0.1) is 17.1 Å². The van der Waals surface area contributed by atoms with Gasteiger partial charge in [0.25, 0.3) is 0 Å². The Morgan fingerprint density at radius 1 is 1.33 bits per heavy atom. The zero-order valence-electron chi connectivity index (χ0n) is 17.3. The minimum absolute atomic E-state index is 0.225. The molecule has 0 fully saturated rings. The molecule has 7 nitrogen and oxygen atoms in total. The Bertz CT molecular complexity index is 1150. The average Bonchev–Trinajstić information content (AvgIpc) is 3.03. The van der Waals surface area contributed by atoms with Crippen molar-refractivity contribution in [3.8, 4) is 11.3 Å². The fourth-order valence-corrected chi connectivity index (χ4v) is 3.89. The van der Waals surface area contributed by atoms with Crippen LogP contribution >= 0.6 is 11.6 Å². The molecule has 1 aromatic carbocycles. The van der Waals surface area contributed by atoms with Crippen LogP contribution in [-0.4, -0.2) is 32.6 Å². The van der Waals surface area contributed by atoms with Gasteiger partial charge in [-0.05, 0) is 49.1 Å². The van der Waals surface area contributed by atoms with E-state index in [1.807, 2.05) is 50.1 Å². The van der Waals surface area contributed by atoms with E-state index < -0.39 is 0 Å². The van der Waals surface area contributed by atoms with Crippen molar-refractivity contribution < 1.29 is 0 Å². The lowest BCUT2D eigenvalue weighted by atomic mass is 9.91. The van der Waals surface area contributed by atoms with Crippen LogP contribution in [0.2, 0.25) is 5.02 Å². The summed E-state index contributed by atoms with van der Waals surface area (Å²) in [7, 11) is 3.79. The molecular weight excluding hydrogens is 398 g/mol. The molecule has 8 heteroatoms. The molecule has 0 spiro atoms. The first-order chi connectivity index (χ1) is 14.4. The molecule has 0 unspecified atom stereocenters. The van der Waals surface area contributed by atoms with Crippen molar-refractivity contribution in [1.82, 2.24) is 25.1 Å². The molecule has 2 heterocycles. The highest BCUT2D eigenvalue weighted by Crippen LogP contribution is 2.35. The number of nitrogens with one attached hydrogen (secondary N) is 3. The molecule has 0 amide bonds. The third-order valence-corrected chi connectivity index (χ3v) is 5.47. The van der Waals surface area contributed by atoms with Gasteiger partial charge >= 0.3 is 0 Å². The first-order valence-electron chi connectivity index (χ1n) is 9.81. The van der Waals surface area contributed by atoms with Crippen LogP contribution in [-0.2, 0) is 26.3 Å². The Hall–Kier alpha value is -3.19. The van der Waals surface area contributed by atoms with Crippen LogP contribution in [0.25, 0.3) is 11.3 Å². The Labute approximate surface area is 180 Å². The van der Waals surface area contributed by atoms with E-state index in [-0.39, 0.29) is 5.84 Å². The van der Waals surface area contributed by atoms with E-state index in [2.05, 4.69) is 21.7 Å². The summed E-state index contributed by atoms with van der Waals surface area (Å²) in [5.74, 6) is 0.632. The number of aryl methyl sites for hydroxylation is 3. The van der Waals surface area contributed by atoms with E-state index in [4.69, 9.17) is 27.1 Å². The average molecular weight is 422 g/mol. The summed E-state index contributed by atoms with van der Waals surface area (Å²) in [5, 5.41) is 19.6. The molecule has 2 aromatic heterocycles. The smallest absolute Gasteiger partial charge is 0.228 e. The molecule has 0 atom stereocenters. The summed E-state index contributed by atoms with van der Waals surface area (Å²) in [4.78, 5) is 9.18. The summed E-state index contributed by atoms with van der Waals surface area (Å²) in [6.07, 6.45) is 5.98. The van der Waals surface area contributed by atoms with Gasteiger partial charge in [0.1, 0.15) is 5.84 Å². The van der Waals surface area contributed by atoms with Crippen LogP contribution in [0.4, 0.5) is 5.95 Å². The van der Waals surface area contributed by atoms with Crippen LogP contribution in [0.3, 0.4) is 0 Å². The molecule has 30 heavy (non-hydrogen) atoms. The van der Waals surface area contributed by atoms with Crippen molar-refractivity contribution in [2.24, 2.45) is 7.05 Å². The van der Waals surface area contributed by atoms with Crippen molar-refractivity contribution in [3.05, 3.63) is 69.8 Å². The number of benzene rings is 1. The fourth-order valence-electron chi connectivity index (χ4n) is 3.68. The zero-order valence-corrected chi connectivity index (χ0v) is 18.0. The number of halogens is 1. The molecule has 154 valence electrons. The van der Waals surface area contributed by atoms with Gasteiger partial charge in [-0.25, -0.2) is 9.97 Å². The second-order valence-electron chi connectivity index (χ2n) is 7.38. The van der Waals surface area contributed by atoms with Gasteiger partial charge in [0.15, 0.2) is 0 Å². The number of anilines is 1. The van der Waals surface area contributed by atoms with E-state index in [1.54, 1.807) is 6.08 Å². The second kappa shape index (κ2) is 8.28. The lowest BCUT2D eigenvalue weighted by molar-refractivity contribution is 0.705. The van der Waals surface area contributed by atoms with Gasteiger partial charge in [0, 0.05) is 43.0 Å². The fraction of sp³-hybridized carbons (Fsp3) is 0.273. The molecule has 1 aliphatic carbocycles. The number of amidine groups is 1. The Morgan fingerprint density at radius 3 is 2.93 bits per heavy atom. The molecule has 0 radical (unpaired) electrons. The number of fused-ring (bicyclic) bond motifs is 3. The predicted octanol–water partition coefficient (Wildman–Crippen LogP) is 3.73. The van der Waals surface area contributed by atoms with Crippen molar-refractivity contribution >= 4 is 23.4 Å². The highest BCUT2D eigenvalue weighted by Gasteiger charge is 2.26. The van der Waals surface area contributed by atoms with Gasteiger partial charge in [-0.3, -0.25) is 10.1 Å². The topological polar surface area (TPSA) is 91.5 Å². The first-order valence-corrected chi connectivity index (χ1v) is 10.2. The number of rotatable bonds is 5. The van der Waals surface area contributed by atoms with Crippen molar-refractivity contribution in [3.63, 3.8) is 0 Å². The minimum atomic E-state index is 0.225. The molecule has 0 saturated carbocycles. The quantitative estimate of drug-likeness (QED) is 0.431. The normalized spacial score (nSPS) is 12.9. The van der Waals surface area contributed by atoms with E-state index in [0.717, 1.165) is 57.3 Å². The van der Waals surface area contributed by atoms with E-state index in [1.165, 1.54) is 0 Å². The summed E-state index contributed by atoms with van der Waals surface area (Å²) in [6, 6.07) is 7.89. The highest BCUT2D eigenvalue weighted by atomic mass is 35.5. The number of nitrogens with zero attached hydrogens (tertiary/aromatic N) is 4. The van der Waals surface area contributed by atoms with Crippen LogP contribution in [0.1, 0.15) is 29.4 Å². The van der Waals surface area contributed by atoms with Crippen LogP contribution < -0.4 is 10.6 Å². The largest absolute Gasteiger partial charge is 0.392 e. The molecule has 4 rings (SSSR count). The Kier molecular flexibility index (Phi) is 5.55. The third-order valence-electron chi connectivity index (χ3n) is 5.23. The van der Waals surface area contributed by atoms with Gasteiger partial charge in [-0.15, -0.1) is 0 Å². The molecule has 0 saturated heterocycles. The van der Waals surface area contributed by atoms with Crippen LogP contribution in [0.15, 0.2) is 42.2 Å². The number of hydrogen-bond donors (Lipinski definition) is 3. The summed E-state index contributed by atoms with van der Waals surface area (Å²) in [6.45, 7) is 1.90. The van der Waals surface area contributed by atoms with Gasteiger partial charge in [-0.1, -0.05) is 23.7 Å². The molecular formula is C22H24ClN7. The van der Waals surface area contributed by atoms with Gasteiger partial charge in [-0.2, -0.15) is 5.10 Å². The SMILES string of the molecule is CN/C(C)=C\C(=N)Nc1ncc2c(n1)-c1c(nn(C)c1Cc1cccc(Cl)c1)CC2. The zero-order chi connectivity index (χ0) is 21.3. The van der Waals surface area contributed by atoms with Gasteiger partial charge in [0.2, 0.25) is 5.95 Å². The molecule has 3 N–H and O–H groups in total. The summed E-state index contributed by atoms with van der Waals surface area (Å²) in [5.41, 5.74) is 7.21. The molecule has 3 aromatic rings. The monoisotopic (exact) mass is 421 g/mol. The lowest BCUT2D eigenvalue weighted by Gasteiger charge is -2.17. The highest BCUT2D eigenvalue weighted by molar-refractivity contribution is 6.30. The second-order valence-corrected chi connectivity index (χ2v) is 7.82. The maximum atomic E-state index is 8.12. The summed E-state index contributed by atoms with van der Waals surface area (Å²) >= 11 is 6.18. The first kappa shape index (κ1) is 20.1. The maximum Gasteiger partial charge on any atom is 0.228 e. The van der Waals surface area contributed by atoms with Gasteiger partial charge < -0.3 is 10.6 Å². The van der Waals surface area contributed by atoms with Crippen molar-refractivity contribution in [1.29, 1.82) is 5.41 Å². The third kappa shape index (κ3) is 4.07. The summed E-state index contributed by atoms with van der Waals surface area (Å²) < 4.78 is 1.94. The Balaban J connectivity index is 1.71. The maximum absolute atomic E-state index is 8.12. The number of aromatic nitrogens is 4. The number of allylic oxidation sites excluding steroid dienone is 1. The van der Waals surface area contributed by atoms with Crippen molar-refractivity contribution in [2.75, 3.05) is 12.4 Å². The molecule has 0 aliphatic heterocycles.